The van der Waals surface area contributed by atoms with Crippen LogP contribution in [0.3, 0.4) is 0 Å². The molecular weight excluding hydrogens is 393 g/mol. The van der Waals surface area contributed by atoms with Gasteiger partial charge in [0.1, 0.15) is 5.82 Å². The second-order valence-electron chi connectivity index (χ2n) is 8.86. The average Bonchev–Trinajstić information content (AvgIpc) is 3.01. The van der Waals surface area contributed by atoms with Crippen LogP contribution in [0.2, 0.25) is 0 Å². The normalized spacial score (nSPS) is 19.0. The second-order valence-corrected chi connectivity index (χ2v) is 8.86. The quantitative estimate of drug-likeness (QED) is 0.619. The number of hydrogen-bond acceptors (Lipinski definition) is 4. The first-order chi connectivity index (χ1) is 14.8. The SMILES string of the molecule is Cc1c(-c2ccnc(N[C@H]3CC[C@H](C)CC3)n2)n(-c2ccc(F)cc2)c(=O)n1C(C)C. The number of nitrogens with zero attached hydrogens (tertiary/aromatic N) is 4. The molecule has 31 heavy (non-hydrogen) atoms. The molecule has 1 N–H and O–H groups in total. The van der Waals surface area contributed by atoms with Crippen molar-refractivity contribution in [1.29, 1.82) is 0 Å². The zero-order valence-electron chi connectivity index (χ0n) is 18.6. The molecule has 7 heteroatoms. The van der Waals surface area contributed by atoms with Gasteiger partial charge in [-0.05, 0) is 82.7 Å². The van der Waals surface area contributed by atoms with Crippen LogP contribution in [0.5, 0.6) is 0 Å². The summed E-state index contributed by atoms with van der Waals surface area (Å²) in [6.45, 7) is 8.17. The highest BCUT2D eigenvalue weighted by atomic mass is 19.1. The second kappa shape index (κ2) is 8.65. The van der Waals surface area contributed by atoms with E-state index in [2.05, 4.69) is 17.2 Å². The van der Waals surface area contributed by atoms with Gasteiger partial charge in [0.05, 0.1) is 17.1 Å². The van der Waals surface area contributed by atoms with E-state index in [-0.39, 0.29) is 17.5 Å². The number of aromatic nitrogens is 4. The van der Waals surface area contributed by atoms with Crippen molar-refractivity contribution < 1.29 is 4.39 Å². The van der Waals surface area contributed by atoms with Crippen LogP contribution in [-0.4, -0.2) is 25.1 Å². The third kappa shape index (κ3) is 4.27. The molecule has 164 valence electrons. The summed E-state index contributed by atoms with van der Waals surface area (Å²) < 4.78 is 16.9. The fourth-order valence-corrected chi connectivity index (χ4v) is 4.51. The van der Waals surface area contributed by atoms with Crippen molar-refractivity contribution in [2.45, 2.75) is 65.5 Å². The standard InChI is InChI=1S/C24H30FN5O/c1-15(2)29-17(4)22(30(24(29)31)20-11-7-18(25)8-12-20)21-13-14-26-23(28-21)27-19-9-5-16(3)6-10-19/h7-8,11-16,19H,5-6,9-10H2,1-4H3,(H,26,27,28)/t16-,19-. The van der Waals surface area contributed by atoms with Crippen LogP contribution in [0.15, 0.2) is 41.3 Å². The van der Waals surface area contributed by atoms with Crippen molar-refractivity contribution in [3.63, 3.8) is 0 Å². The molecule has 0 spiro atoms. The van der Waals surface area contributed by atoms with Crippen LogP contribution in [0.1, 0.15) is 58.2 Å². The first-order valence-corrected chi connectivity index (χ1v) is 11.0. The third-order valence-electron chi connectivity index (χ3n) is 6.17. The molecule has 1 aliphatic rings. The summed E-state index contributed by atoms with van der Waals surface area (Å²) in [5.41, 5.74) is 2.63. The van der Waals surface area contributed by atoms with E-state index in [9.17, 15) is 9.18 Å². The fraction of sp³-hybridized carbons (Fsp3) is 0.458. The van der Waals surface area contributed by atoms with Gasteiger partial charge in [-0.3, -0.25) is 9.13 Å². The number of hydrogen-bond donors (Lipinski definition) is 1. The molecule has 1 aliphatic carbocycles. The maximum atomic E-state index is 13.5. The number of benzene rings is 1. The highest BCUT2D eigenvalue weighted by molar-refractivity contribution is 5.62. The van der Waals surface area contributed by atoms with Gasteiger partial charge in [0, 0.05) is 24.0 Å². The van der Waals surface area contributed by atoms with Gasteiger partial charge in [-0.1, -0.05) is 6.92 Å². The third-order valence-corrected chi connectivity index (χ3v) is 6.17. The Labute approximate surface area is 182 Å². The molecule has 2 heterocycles. The lowest BCUT2D eigenvalue weighted by Crippen LogP contribution is -2.26. The summed E-state index contributed by atoms with van der Waals surface area (Å²) in [4.78, 5) is 22.5. The summed E-state index contributed by atoms with van der Waals surface area (Å²) in [5, 5.41) is 3.48. The molecule has 3 aromatic rings. The minimum atomic E-state index is -0.339. The molecular formula is C24H30FN5O. The van der Waals surface area contributed by atoms with Crippen molar-refractivity contribution >= 4 is 5.95 Å². The van der Waals surface area contributed by atoms with Crippen molar-refractivity contribution in [2.75, 3.05) is 5.32 Å². The average molecular weight is 424 g/mol. The molecule has 0 aliphatic heterocycles. The number of imidazole rings is 1. The molecule has 1 aromatic carbocycles. The van der Waals surface area contributed by atoms with Crippen LogP contribution in [0, 0.1) is 18.7 Å². The summed E-state index contributed by atoms with van der Waals surface area (Å²) in [7, 11) is 0. The van der Waals surface area contributed by atoms with Gasteiger partial charge in [-0.15, -0.1) is 0 Å². The summed E-state index contributed by atoms with van der Waals surface area (Å²) in [5.74, 6) is 1.01. The Morgan fingerprint density at radius 1 is 1.10 bits per heavy atom. The molecule has 0 radical (unpaired) electrons. The first-order valence-electron chi connectivity index (χ1n) is 11.0. The van der Waals surface area contributed by atoms with E-state index >= 15 is 0 Å². The molecule has 2 aromatic heterocycles. The maximum Gasteiger partial charge on any atom is 0.333 e. The maximum absolute atomic E-state index is 13.5. The lowest BCUT2D eigenvalue weighted by Gasteiger charge is -2.26. The Bertz CT molecular complexity index is 1110. The van der Waals surface area contributed by atoms with Crippen molar-refractivity contribution in [3.8, 4) is 17.1 Å². The summed E-state index contributed by atoms with van der Waals surface area (Å²) in [6.07, 6.45) is 6.35. The van der Waals surface area contributed by atoms with E-state index in [1.807, 2.05) is 26.8 Å². The van der Waals surface area contributed by atoms with E-state index in [1.165, 1.54) is 25.0 Å². The Hall–Kier alpha value is -2.96. The smallest absolute Gasteiger partial charge is 0.333 e. The lowest BCUT2D eigenvalue weighted by atomic mass is 9.87. The van der Waals surface area contributed by atoms with Crippen molar-refractivity contribution in [1.82, 2.24) is 19.1 Å². The van der Waals surface area contributed by atoms with Crippen LogP contribution in [0.25, 0.3) is 17.1 Å². The van der Waals surface area contributed by atoms with Crippen molar-refractivity contribution in [2.24, 2.45) is 5.92 Å². The van der Waals surface area contributed by atoms with Gasteiger partial charge in [0.15, 0.2) is 0 Å². The largest absolute Gasteiger partial charge is 0.351 e. The highest BCUT2D eigenvalue weighted by Crippen LogP contribution is 2.28. The minimum Gasteiger partial charge on any atom is -0.351 e. The van der Waals surface area contributed by atoms with Gasteiger partial charge in [0.25, 0.3) is 0 Å². The van der Waals surface area contributed by atoms with Gasteiger partial charge in [-0.2, -0.15) is 0 Å². The predicted molar refractivity (Wildman–Crippen MR) is 121 cm³/mol. The number of rotatable bonds is 5. The van der Waals surface area contributed by atoms with E-state index in [4.69, 9.17) is 4.98 Å². The summed E-state index contributed by atoms with van der Waals surface area (Å²) >= 11 is 0. The molecule has 1 saturated carbocycles. The highest BCUT2D eigenvalue weighted by Gasteiger charge is 2.23. The van der Waals surface area contributed by atoms with Crippen molar-refractivity contribution in [3.05, 3.63) is 58.5 Å². The fourth-order valence-electron chi connectivity index (χ4n) is 4.51. The molecule has 0 saturated heterocycles. The molecule has 0 unspecified atom stereocenters. The molecule has 4 rings (SSSR count). The van der Waals surface area contributed by atoms with E-state index < -0.39 is 0 Å². The molecule has 0 amide bonds. The van der Waals surface area contributed by atoms with Crippen LogP contribution < -0.4 is 11.0 Å². The van der Waals surface area contributed by atoms with Crippen LogP contribution in [0.4, 0.5) is 10.3 Å². The number of anilines is 1. The van der Waals surface area contributed by atoms with E-state index in [0.717, 1.165) is 24.5 Å². The van der Waals surface area contributed by atoms with Gasteiger partial charge in [0.2, 0.25) is 5.95 Å². The van der Waals surface area contributed by atoms with E-state index in [1.54, 1.807) is 27.5 Å². The molecule has 0 atom stereocenters. The Morgan fingerprint density at radius 3 is 2.42 bits per heavy atom. The molecule has 1 fully saturated rings. The topological polar surface area (TPSA) is 64.7 Å². The Morgan fingerprint density at radius 2 is 1.77 bits per heavy atom. The Balaban J connectivity index is 1.78. The van der Waals surface area contributed by atoms with E-state index in [0.29, 0.717) is 29.1 Å². The van der Waals surface area contributed by atoms with Gasteiger partial charge >= 0.3 is 5.69 Å². The zero-order valence-corrected chi connectivity index (χ0v) is 18.6. The number of halogens is 1. The monoisotopic (exact) mass is 423 g/mol. The Kier molecular flexibility index (Phi) is 5.94. The lowest BCUT2D eigenvalue weighted by molar-refractivity contribution is 0.360. The number of nitrogens with one attached hydrogen (secondary N) is 1. The first kappa shape index (κ1) is 21.3. The van der Waals surface area contributed by atoms with Gasteiger partial charge < -0.3 is 5.32 Å². The predicted octanol–water partition coefficient (Wildman–Crippen LogP) is 5.12. The van der Waals surface area contributed by atoms with Crippen LogP contribution in [-0.2, 0) is 0 Å². The van der Waals surface area contributed by atoms with Crippen LogP contribution >= 0.6 is 0 Å². The van der Waals surface area contributed by atoms with Gasteiger partial charge in [-0.25, -0.2) is 19.2 Å². The molecule has 0 bridgehead atoms. The summed E-state index contributed by atoms with van der Waals surface area (Å²) in [6, 6.07) is 8.14. The minimum absolute atomic E-state index is 0.0170. The zero-order chi connectivity index (χ0) is 22.1. The molecule has 6 nitrogen and oxygen atoms in total.